The number of anilines is 2. The number of benzene rings is 1. The highest BCUT2D eigenvalue weighted by Gasteiger charge is 2.15. The average molecular weight is 415 g/mol. The van der Waals surface area contributed by atoms with Crippen molar-refractivity contribution in [2.75, 3.05) is 36.5 Å². The summed E-state index contributed by atoms with van der Waals surface area (Å²) in [5.41, 5.74) is 1.76. The predicted molar refractivity (Wildman–Crippen MR) is 115 cm³/mol. The van der Waals surface area contributed by atoms with Gasteiger partial charge in [0.25, 0.3) is 0 Å². The van der Waals surface area contributed by atoms with Gasteiger partial charge in [-0.05, 0) is 48.9 Å². The lowest BCUT2D eigenvalue weighted by molar-refractivity contribution is -0.120. The van der Waals surface area contributed by atoms with Crippen LogP contribution in [0.3, 0.4) is 0 Å². The van der Waals surface area contributed by atoms with Gasteiger partial charge in [0.1, 0.15) is 5.82 Å². The van der Waals surface area contributed by atoms with Gasteiger partial charge in [-0.2, -0.15) is 0 Å². The van der Waals surface area contributed by atoms with Crippen LogP contribution in [0.5, 0.6) is 0 Å². The quantitative estimate of drug-likeness (QED) is 0.678. The molecule has 154 valence electrons. The van der Waals surface area contributed by atoms with Crippen molar-refractivity contribution in [3.05, 3.63) is 48.2 Å². The number of thioether (sulfide) groups is 1. The number of morpholine rings is 1. The molecule has 8 heteroatoms. The Hall–Kier alpha value is -2.58. The summed E-state index contributed by atoms with van der Waals surface area (Å²) in [6, 6.07) is 11.4. The van der Waals surface area contributed by atoms with Gasteiger partial charge < -0.3 is 20.3 Å². The zero-order valence-electron chi connectivity index (χ0n) is 16.7. The molecule has 0 saturated carbocycles. The van der Waals surface area contributed by atoms with Gasteiger partial charge in [0.2, 0.25) is 11.8 Å². The molecule has 1 aromatic carbocycles. The van der Waals surface area contributed by atoms with Crippen LogP contribution in [0, 0.1) is 0 Å². The number of amides is 2. The van der Waals surface area contributed by atoms with E-state index in [0.29, 0.717) is 19.8 Å². The lowest BCUT2D eigenvalue weighted by Crippen LogP contribution is -2.36. The molecule has 0 spiro atoms. The van der Waals surface area contributed by atoms with Crippen LogP contribution in [0.25, 0.3) is 0 Å². The van der Waals surface area contributed by atoms with Gasteiger partial charge in [0.15, 0.2) is 0 Å². The molecule has 3 rings (SSSR count). The van der Waals surface area contributed by atoms with Crippen molar-refractivity contribution in [2.45, 2.75) is 30.5 Å². The maximum atomic E-state index is 12.5. The molecule has 1 fully saturated rings. The van der Waals surface area contributed by atoms with Gasteiger partial charge in [-0.3, -0.25) is 9.59 Å². The Morgan fingerprint density at radius 2 is 1.93 bits per heavy atom. The number of hydrogen-bond acceptors (Lipinski definition) is 6. The minimum absolute atomic E-state index is 0.0225. The highest BCUT2D eigenvalue weighted by Crippen LogP contribution is 2.25. The zero-order chi connectivity index (χ0) is 20.6. The van der Waals surface area contributed by atoms with Crippen LogP contribution < -0.4 is 15.5 Å². The van der Waals surface area contributed by atoms with E-state index in [1.165, 1.54) is 18.7 Å². The van der Waals surface area contributed by atoms with Crippen molar-refractivity contribution in [1.82, 2.24) is 10.3 Å². The number of nitrogens with one attached hydrogen (secondary N) is 2. The van der Waals surface area contributed by atoms with Crippen molar-refractivity contribution in [3.8, 4) is 0 Å². The standard InChI is InChI=1S/C21H26N4O3S/c1-15(29-19-5-3-18(4-6-19)24-16(2)26)21(27)23-14-17-7-8-22-20(13-17)25-9-11-28-12-10-25/h3-8,13,15H,9-12,14H2,1-2H3,(H,23,27)(H,24,26). The average Bonchev–Trinajstić information content (AvgIpc) is 2.74. The fourth-order valence-corrected chi connectivity index (χ4v) is 3.84. The molecule has 2 amide bonds. The van der Waals surface area contributed by atoms with Crippen LogP contribution in [0.15, 0.2) is 47.5 Å². The Morgan fingerprint density at radius 1 is 1.21 bits per heavy atom. The molecular weight excluding hydrogens is 388 g/mol. The number of pyridine rings is 1. The molecule has 1 unspecified atom stereocenters. The fraction of sp³-hybridized carbons (Fsp3) is 0.381. The summed E-state index contributed by atoms with van der Waals surface area (Å²) in [7, 11) is 0. The normalized spacial score (nSPS) is 14.9. The third-order valence-electron chi connectivity index (χ3n) is 4.47. The maximum absolute atomic E-state index is 12.5. The molecular formula is C21H26N4O3S. The molecule has 1 aromatic heterocycles. The number of hydrogen-bond donors (Lipinski definition) is 2. The second-order valence-electron chi connectivity index (χ2n) is 6.81. The monoisotopic (exact) mass is 414 g/mol. The number of aromatic nitrogens is 1. The van der Waals surface area contributed by atoms with Crippen LogP contribution >= 0.6 is 11.8 Å². The molecule has 1 saturated heterocycles. The molecule has 0 bridgehead atoms. The minimum atomic E-state index is -0.234. The summed E-state index contributed by atoms with van der Waals surface area (Å²) in [4.78, 5) is 31.2. The Labute approximate surface area is 175 Å². The van der Waals surface area contributed by atoms with Crippen molar-refractivity contribution in [1.29, 1.82) is 0 Å². The summed E-state index contributed by atoms with van der Waals surface area (Å²) in [6.07, 6.45) is 1.78. The highest BCUT2D eigenvalue weighted by atomic mass is 32.2. The first-order chi connectivity index (χ1) is 14.0. The van der Waals surface area contributed by atoms with Gasteiger partial charge in [-0.25, -0.2) is 4.98 Å². The summed E-state index contributed by atoms with van der Waals surface area (Å²) in [5.74, 6) is 0.790. The SMILES string of the molecule is CC(=O)Nc1ccc(SC(C)C(=O)NCc2ccnc(N3CCOCC3)c2)cc1. The van der Waals surface area contributed by atoms with E-state index in [1.54, 1.807) is 6.20 Å². The van der Waals surface area contributed by atoms with Crippen LogP contribution in [-0.2, 0) is 20.9 Å². The lowest BCUT2D eigenvalue weighted by Gasteiger charge is -2.28. The minimum Gasteiger partial charge on any atom is -0.378 e. The Kier molecular flexibility index (Phi) is 7.48. The zero-order valence-corrected chi connectivity index (χ0v) is 17.5. The van der Waals surface area contributed by atoms with E-state index in [9.17, 15) is 9.59 Å². The predicted octanol–water partition coefficient (Wildman–Crippen LogP) is 2.67. The van der Waals surface area contributed by atoms with Crippen molar-refractivity contribution < 1.29 is 14.3 Å². The summed E-state index contributed by atoms with van der Waals surface area (Å²) >= 11 is 1.48. The van der Waals surface area contributed by atoms with Gasteiger partial charge in [0.05, 0.1) is 18.5 Å². The van der Waals surface area contributed by atoms with Crippen LogP contribution in [0.1, 0.15) is 19.4 Å². The molecule has 0 aliphatic carbocycles. The third kappa shape index (κ3) is 6.47. The van der Waals surface area contributed by atoms with E-state index in [0.717, 1.165) is 35.1 Å². The molecule has 2 aromatic rings. The number of ether oxygens (including phenoxy) is 1. The largest absolute Gasteiger partial charge is 0.378 e. The topological polar surface area (TPSA) is 83.6 Å². The van der Waals surface area contributed by atoms with E-state index < -0.39 is 0 Å². The second-order valence-corrected chi connectivity index (χ2v) is 8.22. The molecule has 2 heterocycles. The number of carbonyl (C=O) groups excluding carboxylic acids is 2. The van der Waals surface area contributed by atoms with Crippen molar-refractivity contribution >= 4 is 35.1 Å². The molecule has 1 aliphatic rings. The van der Waals surface area contributed by atoms with Crippen molar-refractivity contribution in [2.24, 2.45) is 0 Å². The van der Waals surface area contributed by atoms with E-state index in [2.05, 4.69) is 20.5 Å². The number of carbonyl (C=O) groups is 2. The van der Waals surface area contributed by atoms with E-state index in [-0.39, 0.29) is 17.1 Å². The molecule has 2 N–H and O–H groups in total. The number of rotatable bonds is 7. The van der Waals surface area contributed by atoms with Gasteiger partial charge >= 0.3 is 0 Å². The Morgan fingerprint density at radius 3 is 2.62 bits per heavy atom. The van der Waals surface area contributed by atoms with E-state index in [4.69, 9.17) is 4.74 Å². The Bertz CT molecular complexity index is 838. The molecule has 0 radical (unpaired) electrons. The van der Waals surface area contributed by atoms with Crippen LogP contribution in [0.4, 0.5) is 11.5 Å². The van der Waals surface area contributed by atoms with E-state index >= 15 is 0 Å². The fourth-order valence-electron chi connectivity index (χ4n) is 2.95. The lowest BCUT2D eigenvalue weighted by atomic mass is 10.2. The van der Waals surface area contributed by atoms with Crippen LogP contribution in [0.2, 0.25) is 0 Å². The highest BCUT2D eigenvalue weighted by molar-refractivity contribution is 8.00. The second kappa shape index (κ2) is 10.3. The van der Waals surface area contributed by atoms with E-state index in [1.807, 2.05) is 43.3 Å². The summed E-state index contributed by atoms with van der Waals surface area (Å²) in [5, 5.41) is 5.50. The molecule has 1 aliphatic heterocycles. The first-order valence-corrected chi connectivity index (χ1v) is 10.5. The Balaban J connectivity index is 1.50. The molecule has 29 heavy (non-hydrogen) atoms. The molecule has 1 atom stereocenters. The smallest absolute Gasteiger partial charge is 0.233 e. The van der Waals surface area contributed by atoms with Gasteiger partial charge in [-0.1, -0.05) is 0 Å². The summed E-state index contributed by atoms with van der Waals surface area (Å²) in [6.45, 7) is 6.90. The summed E-state index contributed by atoms with van der Waals surface area (Å²) < 4.78 is 5.38. The first kappa shape index (κ1) is 21.1. The van der Waals surface area contributed by atoms with Gasteiger partial charge in [0, 0.05) is 43.3 Å². The maximum Gasteiger partial charge on any atom is 0.233 e. The third-order valence-corrected chi connectivity index (χ3v) is 5.58. The van der Waals surface area contributed by atoms with Gasteiger partial charge in [-0.15, -0.1) is 11.8 Å². The molecule has 7 nitrogen and oxygen atoms in total. The first-order valence-electron chi connectivity index (χ1n) is 9.61. The number of nitrogens with zero attached hydrogens (tertiary/aromatic N) is 2. The van der Waals surface area contributed by atoms with Crippen LogP contribution in [-0.4, -0.2) is 48.4 Å². The van der Waals surface area contributed by atoms with Crippen molar-refractivity contribution in [3.63, 3.8) is 0 Å².